The van der Waals surface area contributed by atoms with Crippen LogP contribution in [0.15, 0.2) is 59.6 Å². The number of amides is 9. The lowest BCUT2D eigenvalue weighted by Gasteiger charge is -2.29. The minimum Gasteiger partial charge on any atom is -0.508 e. The van der Waals surface area contributed by atoms with Crippen molar-refractivity contribution in [1.82, 2.24) is 42.1 Å². The van der Waals surface area contributed by atoms with Crippen LogP contribution >= 0.6 is 0 Å². The molecular weight excluding hydrogens is 911 g/mol. The third-order valence-electron chi connectivity index (χ3n) is 11.3. The van der Waals surface area contributed by atoms with Crippen molar-refractivity contribution in [3.05, 3.63) is 65.7 Å². The quantitative estimate of drug-likeness (QED) is 0.0244. The van der Waals surface area contributed by atoms with Crippen LogP contribution in [-0.2, 0) is 56.0 Å². The Morgan fingerprint density at radius 2 is 1.27 bits per heavy atom. The second-order valence-electron chi connectivity index (χ2n) is 17.5. The number of aliphatic imine (C=N–C) groups is 1. The normalized spacial score (nSPS) is 16.6. The monoisotopic (exact) mass is 980 g/mol. The van der Waals surface area contributed by atoms with Crippen LogP contribution in [0, 0.1) is 5.92 Å². The van der Waals surface area contributed by atoms with Crippen molar-refractivity contribution < 1.29 is 53.4 Å². The molecule has 1 aliphatic rings. The maximum Gasteiger partial charge on any atom is 0.245 e. The van der Waals surface area contributed by atoms with Gasteiger partial charge in [-0.3, -0.25) is 48.1 Å². The molecule has 0 bridgehead atoms. The van der Waals surface area contributed by atoms with Gasteiger partial charge in [0, 0.05) is 25.9 Å². The summed E-state index contributed by atoms with van der Waals surface area (Å²) < 4.78 is 0. The summed E-state index contributed by atoms with van der Waals surface area (Å²) in [5.74, 6) is -7.62. The van der Waals surface area contributed by atoms with E-state index in [0.29, 0.717) is 30.4 Å². The van der Waals surface area contributed by atoms with Crippen molar-refractivity contribution >= 4 is 59.1 Å². The van der Waals surface area contributed by atoms with E-state index in [1.807, 2.05) is 0 Å². The first kappa shape index (κ1) is 57.0. The predicted octanol–water partition coefficient (Wildman–Crippen LogP) is -3.86. The van der Waals surface area contributed by atoms with Crippen LogP contribution in [0.1, 0.15) is 71.4 Å². The fourth-order valence-corrected chi connectivity index (χ4v) is 7.39. The van der Waals surface area contributed by atoms with Gasteiger partial charge in [0.25, 0.3) is 0 Å². The molecule has 2 aromatic rings. The molecule has 24 nitrogen and oxygen atoms in total. The molecule has 1 fully saturated rings. The zero-order valence-electron chi connectivity index (χ0n) is 40.1. The minimum atomic E-state index is -1.54. The number of nitrogens with zero attached hydrogens (tertiary/aromatic N) is 2. The SMILES string of the molecule is CC(C)[C@H](NC(=O)CNC(=O)[C@H](Cc1ccc(O)cc1)NC(=O)[C@H](Cc1ccccc1)NC(=O)[C@H](C)NC(=O)[C@@H](NC(=O)[C@@H]1CCCN1C(=O)[C@H](C)N)[C@@H](C)O)C(=O)NC(CCCN=C(N)N)C(N)=O. The van der Waals surface area contributed by atoms with Gasteiger partial charge in [-0.15, -0.1) is 0 Å². The van der Waals surface area contributed by atoms with Gasteiger partial charge in [-0.25, -0.2) is 0 Å². The number of aromatic hydroxyl groups is 1. The number of phenols is 1. The van der Waals surface area contributed by atoms with Crippen LogP contribution in [-0.4, -0.2) is 148 Å². The van der Waals surface area contributed by atoms with Crippen molar-refractivity contribution in [3.63, 3.8) is 0 Å². The Labute approximate surface area is 406 Å². The van der Waals surface area contributed by atoms with Crippen LogP contribution in [0.25, 0.3) is 0 Å². The molecule has 1 heterocycles. The molecule has 0 aliphatic carbocycles. The predicted molar refractivity (Wildman–Crippen MR) is 256 cm³/mol. The highest BCUT2D eigenvalue weighted by molar-refractivity contribution is 5.98. The number of aliphatic hydroxyl groups is 1. The van der Waals surface area contributed by atoms with E-state index in [-0.39, 0.29) is 44.1 Å². The molecule has 70 heavy (non-hydrogen) atoms. The number of benzene rings is 2. The maximum absolute atomic E-state index is 14.2. The highest BCUT2D eigenvalue weighted by atomic mass is 16.3. The first-order chi connectivity index (χ1) is 33.0. The number of carbonyl (C=O) groups is 9. The highest BCUT2D eigenvalue weighted by Gasteiger charge is 2.38. The number of phenolic OH excluding ortho intramolecular Hbond substituents is 1. The summed E-state index contributed by atoms with van der Waals surface area (Å²) in [5.41, 5.74) is 23.0. The Bertz CT molecular complexity index is 2170. The van der Waals surface area contributed by atoms with Crippen molar-refractivity contribution in [1.29, 1.82) is 0 Å². The Balaban J connectivity index is 1.77. The molecule has 1 saturated heterocycles. The Hall–Kier alpha value is -7.34. The molecule has 2 aromatic carbocycles. The summed E-state index contributed by atoms with van der Waals surface area (Å²) in [6, 6.07) is 4.66. The number of nitrogens with two attached hydrogens (primary N) is 4. The number of likely N-dealkylation sites (tertiary alicyclic amines) is 1. The van der Waals surface area contributed by atoms with Crippen molar-refractivity contribution in [2.24, 2.45) is 33.8 Å². The molecule has 384 valence electrons. The number of carbonyl (C=O) groups excluding carboxylic acids is 9. The van der Waals surface area contributed by atoms with E-state index in [0.717, 1.165) is 0 Å². The molecule has 17 N–H and O–H groups in total. The summed E-state index contributed by atoms with van der Waals surface area (Å²) in [6.45, 7) is 7.17. The topological polar surface area (TPSA) is 398 Å². The molecule has 1 aliphatic heterocycles. The van der Waals surface area contributed by atoms with Crippen molar-refractivity contribution in [2.75, 3.05) is 19.6 Å². The Morgan fingerprint density at radius 3 is 1.84 bits per heavy atom. The second kappa shape index (κ2) is 27.6. The van der Waals surface area contributed by atoms with Crippen LogP contribution in [0.5, 0.6) is 5.75 Å². The fourth-order valence-electron chi connectivity index (χ4n) is 7.39. The van der Waals surface area contributed by atoms with E-state index in [1.165, 1.54) is 49.9 Å². The van der Waals surface area contributed by atoms with E-state index < -0.39 is 120 Å². The van der Waals surface area contributed by atoms with Crippen LogP contribution in [0.3, 0.4) is 0 Å². The Kier molecular flexibility index (Phi) is 22.5. The zero-order chi connectivity index (χ0) is 52.2. The first-order valence-corrected chi connectivity index (χ1v) is 23.0. The summed E-state index contributed by atoms with van der Waals surface area (Å²) in [5, 5.41) is 38.2. The summed E-state index contributed by atoms with van der Waals surface area (Å²) in [7, 11) is 0. The van der Waals surface area contributed by atoms with Gasteiger partial charge in [0.1, 0.15) is 48.0 Å². The van der Waals surface area contributed by atoms with E-state index in [9.17, 15) is 53.4 Å². The molecule has 0 aromatic heterocycles. The Morgan fingerprint density at radius 1 is 0.700 bits per heavy atom. The van der Waals surface area contributed by atoms with Gasteiger partial charge in [0.15, 0.2) is 5.96 Å². The lowest BCUT2D eigenvalue weighted by Crippen LogP contribution is -2.61. The third kappa shape index (κ3) is 18.3. The van der Waals surface area contributed by atoms with E-state index >= 15 is 0 Å². The number of hydrogen-bond donors (Lipinski definition) is 13. The first-order valence-electron chi connectivity index (χ1n) is 23.0. The number of rotatable bonds is 26. The van der Waals surface area contributed by atoms with Crippen LogP contribution in [0.2, 0.25) is 0 Å². The molecule has 0 saturated carbocycles. The molecular formula is C46H69N13O11. The molecule has 3 rings (SSSR count). The molecule has 0 spiro atoms. The standard InChI is InChI=1S/C46H69N13O11/c1-24(2)36(43(68)54-31(38(48)63)13-9-19-51-46(49)50)57-35(62)23-52-40(65)32(22-29-15-17-30(61)18-16-29)56-41(66)33(21-28-11-7-6-8-12-28)55-39(64)26(4)53-44(69)37(27(5)60)58-42(67)34-14-10-20-59(34)45(70)25(3)47/h6-8,11-12,15-18,24-27,31-34,36-37,60-61H,9-10,13-14,19-23,47H2,1-5H3,(H2,48,63)(H,52,65)(H,53,69)(H,54,68)(H,55,64)(H,56,66)(H,57,62)(H,58,67)(H4,49,50,51)/t25-,26-,27+,31?,32-,33-,34-,36-,37-/m0/s1. The summed E-state index contributed by atoms with van der Waals surface area (Å²) >= 11 is 0. The average Bonchev–Trinajstić information content (AvgIpc) is 3.80. The van der Waals surface area contributed by atoms with Crippen molar-refractivity contribution in [3.8, 4) is 5.75 Å². The summed E-state index contributed by atoms with van der Waals surface area (Å²) in [6.07, 6.45) is -0.440. The van der Waals surface area contributed by atoms with Gasteiger partial charge in [-0.05, 0) is 75.6 Å². The second-order valence-corrected chi connectivity index (χ2v) is 17.5. The fraction of sp³-hybridized carbons (Fsp3) is 0.522. The van der Waals surface area contributed by atoms with Gasteiger partial charge in [0.2, 0.25) is 53.2 Å². The maximum atomic E-state index is 14.2. The highest BCUT2D eigenvalue weighted by Crippen LogP contribution is 2.19. The lowest BCUT2D eigenvalue weighted by molar-refractivity contribution is -0.141. The number of guanidine groups is 1. The molecule has 9 amide bonds. The zero-order valence-corrected chi connectivity index (χ0v) is 40.1. The number of nitrogens with one attached hydrogen (secondary N) is 7. The molecule has 0 radical (unpaired) electrons. The average molecular weight is 980 g/mol. The van der Waals surface area contributed by atoms with E-state index in [1.54, 1.807) is 44.2 Å². The largest absolute Gasteiger partial charge is 0.508 e. The summed E-state index contributed by atoms with van der Waals surface area (Å²) in [4.78, 5) is 125. The molecule has 9 atom stereocenters. The number of primary amides is 1. The van der Waals surface area contributed by atoms with Gasteiger partial charge < -0.3 is 75.3 Å². The smallest absolute Gasteiger partial charge is 0.245 e. The third-order valence-corrected chi connectivity index (χ3v) is 11.3. The van der Waals surface area contributed by atoms with Crippen molar-refractivity contribution in [2.45, 2.75) is 128 Å². The van der Waals surface area contributed by atoms with E-state index in [2.05, 4.69) is 42.2 Å². The number of aliphatic hydroxyl groups excluding tert-OH is 1. The van der Waals surface area contributed by atoms with E-state index in [4.69, 9.17) is 22.9 Å². The number of hydrogen-bond acceptors (Lipinski definition) is 13. The van der Waals surface area contributed by atoms with Crippen LogP contribution in [0.4, 0.5) is 0 Å². The van der Waals surface area contributed by atoms with Gasteiger partial charge >= 0.3 is 0 Å². The van der Waals surface area contributed by atoms with Gasteiger partial charge in [-0.2, -0.15) is 0 Å². The molecule has 24 heteroatoms. The minimum absolute atomic E-state index is 0.0644. The molecule has 1 unspecified atom stereocenters. The lowest BCUT2D eigenvalue weighted by atomic mass is 10.0. The van der Waals surface area contributed by atoms with Gasteiger partial charge in [0.05, 0.1) is 18.7 Å². The van der Waals surface area contributed by atoms with Crippen LogP contribution < -0.4 is 60.2 Å². The van der Waals surface area contributed by atoms with Gasteiger partial charge in [-0.1, -0.05) is 56.3 Å².